The maximum absolute atomic E-state index is 11.2. The highest BCUT2D eigenvalue weighted by molar-refractivity contribution is 5.95. The van der Waals surface area contributed by atoms with Gasteiger partial charge in [-0.3, -0.25) is 9.59 Å². The Labute approximate surface area is 123 Å². The molecule has 20 heavy (non-hydrogen) atoms. The molecule has 2 saturated heterocycles. The summed E-state index contributed by atoms with van der Waals surface area (Å²) in [6.07, 6.45) is 4.97. The lowest BCUT2D eigenvalue weighted by atomic mass is 9.93. The van der Waals surface area contributed by atoms with Gasteiger partial charge in [-0.1, -0.05) is 34.1 Å². The molecule has 4 heteroatoms. The highest BCUT2D eigenvalue weighted by Gasteiger charge is 2.28. The zero-order valence-electron chi connectivity index (χ0n) is 13.4. The minimum atomic E-state index is -0.240. The molecule has 2 rings (SSSR count). The smallest absolute Gasteiger partial charge is 0.221 e. The summed E-state index contributed by atoms with van der Waals surface area (Å²) in [5.74, 6) is 1.21. The minimum Gasteiger partial charge on any atom is -0.346 e. The Morgan fingerprint density at radius 3 is 2.10 bits per heavy atom. The molecule has 0 radical (unpaired) electrons. The van der Waals surface area contributed by atoms with Gasteiger partial charge in [0.2, 0.25) is 5.91 Å². The van der Waals surface area contributed by atoms with Crippen molar-refractivity contribution < 1.29 is 9.59 Å². The topological polar surface area (TPSA) is 58.2 Å². The van der Waals surface area contributed by atoms with Crippen molar-refractivity contribution in [2.45, 2.75) is 71.9 Å². The van der Waals surface area contributed by atoms with Crippen LogP contribution in [0.3, 0.4) is 0 Å². The summed E-state index contributed by atoms with van der Waals surface area (Å²) in [6, 6.07) is 0.565. The first-order chi connectivity index (χ1) is 9.41. The van der Waals surface area contributed by atoms with Gasteiger partial charge >= 0.3 is 0 Å². The van der Waals surface area contributed by atoms with Crippen LogP contribution in [0, 0.1) is 11.8 Å². The highest BCUT2D eigenvalue weighted by atomic mass is 16.2. The lowest BCUT2D eigenvalue weighted by Gasteiger charge is -2.26. The summed E-state index contributed by atoms with van der Waals surface area (Å²) >= 11 is 0. The first kappa shape index (κ1) is 17.2. The molecule has 0 aliphatic carbocycles. The predicted molar refractivity (Wildman–Crippen MR) is 81.5 cm³/mol. The van der Waals surface area contributed by atoms with E-state index in [1.54, 1.807) is 0 Å². The Balaban J connectivity index is 0.000000204. The van der Waals surface area contributed by atoms with Crippen LogP contribution in [0.25, 0.3) is 0 Å². The van der Waals surface area contributed by atoms with Gasteiger partial charge in [0.25, 0.3) is 0 Å². The first-order valence-corrected chi connectivity index (χ1v) is 7.97. The summed E-state index contributed by atoms with van der Waals surface area (Å²) in [5.41, 5.74) is 0. The van der Waals surface area contributed by atoms with Crippen molar-refractivity contribution in [3.05, 3.63) is 0 Å². The van der Waals surface area contributed by atoms with Crippen LogP contribution in [-0.2, 0) is 9.59 Å². The number of Topliss-reactive ketones (excluding diaryl/α,β-unsaturated/α-hetero) is 1. The summed E-state index contributed by atoms with van der Waals surface area (Å²) in [4.78, 5) is 22.0. The van der Waals surface area contributed by atoms with Crippen molar-refractivity contribution in [1.29, 1.82) is 0 Å². The molecule has 2 aliphatic rings. The Kier molecular flexibility index (Phi) is 7.20. The second kappa shape index (κ2) is 8.40. The van der Waals surface area contributed by atoms with Crippen LogP contribution >= 0.6 is 0 Å². The normalized spacial score (nSPS) is 27.1. The van der Waals surface area contributed by atoms with E-state index in [9.17, 15) is 9.59 Å². The summed E-state index contributed by atoms with van der Waals surface area (Å²) in [5, 5.41) is 6.20. The van der Waals surface area contributed by atoms with Crippen molar-refractivity contribution in [2.24, 2.45) is 11.8 Å². The number of carbonyl (C=O) groups is 2. The van der Waals surface area contributed by atoms with E-state index in [4.69, 9.17) is 0 Å². The van der Waals surface area contributed by atoms with Crippen LogP contribution in [0.5, 0.6) is 0 Å². The van der Waals surface area contributed by atoms with Gasteiger partial charge in [0.05, 0.1) is 6.04 Å². The molecule has 2 fully saturated rings. The average Bonchev–Trinajstić information content (AvgIpc) is 2.43. The fourth-order valence-corrected chi connectivity index (χ4v) is 2.70. The molecule has 116 valence electrons. The second-order valence-electron chi connectivity index (χ2n) is 6.56. The molecule has 0 spiro atoms. The molecule has 2 atom stereocenters. The van der Waals surface area contributed by atoms with Crippen molar-refractivity contribution in [1.82, 2.24) is 10.6 Å². The molecule has 0 aromatic heterocycles. The Hall–Kier alpha value is -0.900. The van der Waals surface area contributed by atoms with E-state index < -0.39 is 0 Å². The molecular formula is C16H30N2O2. The molecule has 1 amide bonds. The second-order valence-corrected chi connectivity index (χ2v) is 6.56. The van der Waals surface area contributed by atoms with Crippen molar-refractivity contribution in [3.8, 4) is 0 Å². The number of ketones is 1. The van der Waals surface area contributed by atoms with Gasteiger partial charge in [0.1, 0.15) is 0 Å². The standard InChI is InChI=1S/C8H13NO2.C8H17N/c1-5(2)8-6(10)3-4-7(11)9-8;1-7(2)8-5-3-4-6-9-8/h5,8H,3-4H2,1-2H3,(H,9,11);7-9H,3-6H2,1-2H3. The molecule has 0 bridgehead atoms. The van der Waals surface area contributed by atoms with Gasteiger partial charge in [-0.15, -0.1) is 0 Å². The van der Waals surface area contributed by atoms with E-state index >= 15 is 0 Å². The van der Waals surface area contributed by atoms with E-state index in [1.165, 1.54) is 25.8 Å². The van der Waals surface area contributed by atoms with Gasteiger partial charge in [0.15, 0.2) is 5.78 Å². The van der Waals surface area contributed by atoms with Crippen LogP contribution in [0.15, 0.2) is 0 Å². The number of hydrogen-bond acceptors (Lipinski definition) is 3. The maximum atomic E-state index is 11.2. The third-order valence-corrected chi connectivity index (χ3v) is 4.08. The fourth-order valence-electron chi connectivity index (χ4n) is 2.70. The van der Waals surface area contributed by atoms with Crippen LogP contribution in [0.4, 0.5) is 0 Å². The van der Waals surface area contributed by atoms with E-state index in [-0.39, 0.29) is 23.7 Å². The number of piperidine rings is 2. The predicted octanol–water partition coefficient (Wildman–Crippen LogP) is 2.27. The van der Waals surface area contributed by atoms with Crippen molar-refractivity contribution in [3.63, 3.8) is 0 Å². The number of hydrogen-bond donors (Lipinski definition) is 2. The monoisotopic (exact) mass is 282 g/mol. The lowest BCUT2D eigenvalue weighted by molar-refractivity contribution is -0.133. The SMILES string of the molecule is CC(C)C1CCCCN1.CC(C)C1NC(=O)CCC1=O. The minimum absolute atomic E-state index is 0.00306. The third-order valence-electron chi connectivity index (χ3n) is 4.08. The number of rotatable bonds is 2. The Bertz CT molecular complexity index is 320. The van der Waals surface area contributed by atoms with Crippen molar-refractivity contribution >= 4 is 11.7 Å². The molecular weight excluding hydrogens is 252 g/mol. The number of carbonyl (C=O) groups excluding carboxylic acids is 2. The van der Waals surface area contributed by atoms with Gasteiger partial charge < -0.3 is 10.6 Å². The van der Waals surface area contributed by atoms with E-state index in [2.05, 4.69) is 24.5 Å². The van der Waals surface area contributed by atoms with Crippen molar-refractivity contribution in [2.75, 3.05) is 6.54 Å². The molecule has 0 aromatic carbocycles. The quantitative estimate of drug-likeness (QED) is 0.817. The van der Waals surface area contributed by atoms with Crippen LogP contribution in [0.2, 0.25) is 0 Å². The molecule has 4 nitrogen and oxygen atoms in total. The van der Waals surface area contributed by atoms with Gasteiger partial charge in [-0.2, -0.15) is 0 Å². The Morgan fingerprint density at radius 2 is 1.70 bits per heavy atom. The van der Waals surface area contributed by atoms with Gasteiger partial charge in [-0.25, -0.2) is 0 Å². The van der Waals surface area contributed by atoms with E-state index in [1.807, 2.05) is 13.8 Å². The molecule has 2 heterocycles. The van der Waals surface area contributed by atoms with E-state index in [0.29, 0.717) is 12.8 Å². The number of amides is 1. The molecule has 0 saturated carbocycles. The van der Waals surface area contributed by atoms with Gasteiger partial charge in [0, 0.05) is 18.9 Å². The number of nitrogens with one attached hydrogen (secondary N) is 2. The molecule has 0 aromatic rings. The zero-order chi connectivity index (χ0) is 15.1. The van der Waals surface area contributed by atoms with Gasteiger partial charge in [-0.05, 0) is 31.2 Å². The fraction of sp³-hybridized carbons (Fsp3) is 0.875. The average molecular weight is 282 g/mol. The van der Waals surface area contributed by atoms with Crippen LogP contribution < -0.4 is 10.6 Å². The summed E-state index contributed by atoms with van der Waals surface area (Å²) in [6.45, 7) is 9.71. The zero-order valence-corrected chi connectivity index (χ0v) is 13.4. The lowest BCUT2D eigenvalue weighted by Crippen LogP contribution is -2.48. The maximum Gasteiger partial charge on any atom is 0.221 e. The molecule has 2 aliphatic heterocycles. The first-order valence-electron chi connectivity index (χ1n) is 7.97. The van der Waals surface area contributed by atoms with E-state index in [0.717, 1.165) is 12.0 Å². The highest BCUT2D eigenvalue weighted by Crippen LogP contribution is 2.13. The molecule has 2 unspecified atom stereocenters. The van der Waals surface area contributed by atoms with Crippen LogP contribution in [-0.4, -0.2) is 30.3 Å². The third kappa shape index (κ3) is 5.61. The molecule has 2 N–H and O–H groups in total. The largest absolute Gasteiger partial charge is 0.346 e. The Morgan fingerprint density at radius 1 is 1.00 bits per heavy atom. The summed E-state index contributed by atoms with van der Waals surface area (Å²) in [7, 11) is 0. The van der Waals surface area contributed by atoms with Crippen LogP contribution in [0.1, 0.15) is 59.8 Å². The summed E-state index contributed by atoms with van der Waals surface area (Å²) < 4.78 is 0.